The maximum atomic E-state index is 12.1. The highest BCUT2D eigenvalue weighted by molar-refractivity contribution is 7.09. The molecule has 1 N–H and O–H groups in total. The molecular weight excluding hydrogens is 236 g/mol. The maximum Gasteiger partial charge on any atom is 0.333 e. The first kappa shape index (κ1) is 14.1. The zero-order valence-corrected chi connectivity index (χ0v) is 11.6. The van der Waals surface area contributed by atoms with E-state index in [-0.39, 0.29) is 5.97 Å². The van der Waals surface area contributed by atoms with Crippen LogP contribution in [-0.4, -0.2) is 24.1 Å². The van der Waals surface area contributed by atoms with Crippen molar-refractivity contribution in [2.75, 3.05) is 13.2 Å². The van der Waals surface area contributed by atoms with E-state index in [1.165, 1.54) is 11.3 Å². The molecule has 0 bridgehead atoms. The van der Waals surface area contributed by atoms with Crippen molar-refractivity contribution >= 4 is 17.3 Å². The quantitative estimate of drug-likeness (QED) is 0.793. The van der Waals surface area contributed by atoms with Crippen molar-refractivity contribution in [2.24, 2.45) is 5.92 Å². The van der Waals surface area contributed by atoms with Gasteiger partial charge < -0.3 is 4.74 Å². The second-order valence-electron chi connectivity index (χ2n) is 4.46. The molecule has 0 aliphatic rings. The summed E-state index contributed by atoms with van der Waals surface area (Å²) in [7, 11) is 0. The van der Waals surface area contributed by atoms with Gasteiger partial charge in [0.1, 0.15) is 5.01 Å². The van der Waals surface area contributed by atoms with Crippen molar-refractivity contribution in [1.29, 1.82) is 0 Å². The van der Waals surface area contributed by atoms with Crippen LogP contribution in [-0.2, 0) is 15.1 Å². The summed E-state index contributed by atoms with van der Waals surface area (Å²) in [6.07, 6.45) is 1.70. The summed E-state index contributed by atoms with van der Waals surface area (Å²) in [6, 6.07) is 0. The van der Waals surface area contributed by atoms with Gasteiger partial charge in [0.2, 0.25) is 0 Å². The molecule has 0 aliphatic heterocycles. The van der Waals surface area contributed by atoms with Crippen LogP contribution in [0.15, 0.2) is 11.6 Å². The van der Waals surface area contributed by atoms with Gasteiger partial charge in [-0.1, -0.05) is 13.8 Å². The fourth-order valence-electron chi connectivity index (χ4n) is 1.39. The van der Waals surface area contributed by atoms with Crippen molar-refractivity contribution in [3.05, 3.63) is 16.6 Å². The minimum atomic E-state index is -0.839. The van der Waals surface area contributed by atoms with Gasteiger partial charge in [0.05, 0.1) is 6.61 Å². The number of carbonyl (C=O) groups is 1. The highest BCUT2D eigenvalue weighted by Crippen LogP contribution is 2.24. The first-order chi connectivity index (χ1) is 8.00. The van der Waals surface area contributed by atoms with Crippen LogP contribution in [0.1, 0.15) is 32.7 Å². The predicted octanol–water partition coefficient (Wildman–Crippen LogP) is 2.17. The van der Waals surface area contributed by atoms with E-state index in [2.05, 4.69) is 24.1 Å². The fraction of sp³-hybridized carbons (Fsp3) is 0.667. The average Bonchev–Trinajstić information content (AvgIpc) is 2.80. The van der Waals surface area contributed by atoms with Gasteiger partial charge in [-0.3, -0.25) is 5.32 Å². The smallest absolute Gasteiger partial charge is 0.333 e. The van der Waals surface area contributed by atoms with Gasteiger partial charge in [0.25, 0.3) is 0 Å². The maximum absolute atomic E-state index is 12.1. The minimum Gasteiger partial charge on any atom is -0.464 e. The molecular formula is C12H20N2O2S. The van der Waals surface area contributed by atoms with Crippen molar-refractivity contribution in [2.45, 2.75) is 33.2 Å². The third kappa shape index (κ3) is 3.51. The van der Waals surface area contributed by atoms with Crippen LogP contribution in [0.5, 0.6) is 0 Å². The van der Waals surface area contributed by atoms with Gasteiger partial charge in [-0.25, -0.2) is 9.78 Å². The highest BCUT2D eigenvalue weighted by Gasteiger charge is 2.38. The van der Waals surface area contributed by atoms with Crippen molar-refractivity contribution < 1.29 is 9.53 Å². The Labute approximate surface area is 106 Å². The molecule has 1 rings (SSSR count). The van der Waals surface area contributed by atoms with Gasteiger partial charge in [0, 0.05) is 11.6 Å². The van der Waals surface area contributed by atoms with Crippen molar-refractivity contribution in [3.8, 4) is 0 Å². The molecule has 5 heteroatoms. The Bertz CT molecular complexity index is 351. The zero-order chi connectivity index (χ0) is 12.9. The van der Waals surface area contributed by atoms with E-state index in [4.69, 9.17) is 4.74 Å². The average molecular weight is 256 g/mol. The lowest BCUT2D eigenvalue weighted by Gasteiger charge is -2.27. The Kier molecular flexibility index (Phi) is 5.08. The van der Waals surface area contributed by atoms with E-state index in [0.29, 0.717) is 12.5 Å². The lowest BCUT2D eigenvalue weighted by molar-refractivity contribution is -0.151. The Morgan fingerprint density at radius 2 is 2.35 bits per heavy atom. The largest absolute Gasteiger partial charge is 0.464 e. The fourth-order valence-corrected chi connectivity index (χ4v) is 2.15. The van der Waals surface area contributed by atoms with Crippen LogP contribution >= 0.6 is 11.3 Å². The number of carbonyl (C=O) groups excluding carboxylic acids is 1. The number of nitrogens with one attached hydrogen (secondary N) is 1. The van der Waals surface area contributed by atoms with E-state index in [1.54, 1.807) is 6.20 Å². The van der Waals surface area contributed by atoms with Gasteiger partial charge in [-0.2, -0.15) is 0 Å². The summed E-state index contributed by atoms with van der Waals surface area (Å²) in [6.45, 7) is 8.95. The summed E-state index contributed by atoms with van der Waals surface area (Å²) < 4.78 is 5.13. The molecule has 17 heavy (non-hydrogen) atoms. The van der Waals surface area contributed by atoms with Crippen molar-refractivity contribution in [3.63, 3.8) is 0 Å². The standard InChI is InChI=1S/C12H20N2O2S/c1-5-16-11(15)12(4,14-8-9(2)3)10-13-6-7-17-10/h6-7,9,14H,5,8H2,1-4H3. The molecule has 0 saturated carbocycles. The molecule has 0 radical (unpaired) electrons. The molecule has 0 fully saturated rings. The van der Waals surface area contributed by atoms with Crippen LogP contribution in [0.25, 0.3) is 0 Å². The van der Waals surface area contributed by atoms with Crippen LogP contribution in [0.3, 0.4) is 0 Å². The van der Waals surface area contributed by atoms with Crippen LogP contribution in [0.4, 0.5) is 0 Å². The molecule has 4 nitrogen and oxygen atoms in total. The van der Waals surface area contributed by atoms with Crippen LogP contribution < -0.4 is 5.32 Å². The number of rotatable bonds is 6. The Balaban J connectivity index is 2.88. The minimum absolute atomic E-state index is 0.268. The summed E-state index contributed by atoms with van der Waals surface area (Å²) in [4.78, 5) is 16.3. The topological polar surface area (TPSA) is 51.2 Å². The number of nitrogens with zero attached hydrogens (tertiary/aromatic N) is 1. The molecule has 96 valence electrons. The molecule has 0 amide bonds. The normalized spacial score (nSPS) is 14.6. The van der Waals surface area contributed by atoms with Crippen LogP contribution in [0.2, 0.25) is 0 Å². The van der Waals surface area contributed by atoms with E-state index in [0.717, 1.165) is 11.6 Å². The molecule has 0 aromatic carbocycles. The predicted molar refractivity (Wildman–Crippen MR) is 68.9 cm³/mol. The third-order valence-electron chi connectivity index (χ3n) is 2.41. The van der Waals surface area contributed by atoms with Gasteiger partial charge in [-0.15, -0.1) is 11.3 Å². The van der Waals surface area contributed by atoms with Crippen molar-refractivity contribution in [1.82, 2.24) is 10.3 Å². The highest BCUT2D eigenvalue weighted by atomic mass is 32.1. The van der Waals surface area contributed by atoms with E-state index in [9.17, 15) is 4.79 Å². The Morgan fingerprint density at radius 3 is 2.82 bits per heavy atom. The lowest BCUT2D eigenvalue weighted by atomic mass is 10.0. The molecule has 0 spiro atoms. The number of esters is 1. The molecule has 1 unspecified atom stereocenters. The second-order valence-corrected chi connectivity index (χ2v) is 5.35. The van der Waals surface area contributed by atoms with E-state index in [1.807, 2.05) is 19.2 Å². The number of thiazole rings is 1. The second kappa shape index (κ2) is 6.12. The summed E-state index contributed by atoms with van der Waals surface area (Å²) >= 11 is 1.46. The van der Waals surface area contributed by atoms with E-state index < -0.39 is 5.54 Å². The molecule has 1 aromatic heterocycles. The zero-order valence-electron chi connectivity index (χ0n) is 10.8. The van der Waals surface area contributed by atoms with Gasteiger partial charge >= 0.3 is 5.97 Å². The lowest BCUT2D eigenvalue weighted by Crippen LogP contribution is -2.49. The monoisotopic (exact) mass is 256 g/mol. The summed E-state index contributed by atoms with van der Waals surface area (Å²) in [5, 5.41) is 5.87. The van der Waals surface area contributed by atoms with Gasteiger partial charge in [-0.05, 0) is 26.3 Å². The van der Waals surface area contributed by atoms with Crippen LogP contribution in [0, 0.1) is 5.92 Å². The molecule has 0 saturated heterocycles. The molecule has 0 aliphatic carbocycles. The van der Waals surface area contributed by atoms with E-state index >= 15 is 0 Å². The first-order valence-electron chi connectivity index (χ1n) is 5.83. The summed E-state index contributed by atoms with van der Waals surface area (Å²) in [5.41, 5.74) is -0.839. The SMILES string of the molecule is CCOC(=O)C(C)(NCC(C)C)c1nccs1. The molecule has 1 heterocycles. The van der Waals surface area contributed by atoms with Gasteiger partial charge in [0.15, 0.2) is 5.54 Å². The number of hydrogen-bond donors (Lipinski definition) is 1. The molecule has 1 atom stereocenters. The Morgan fingerprint density at radius 1 is 1.65 bits per heavy atom. The summed E-state index contributed by atoms with van der Waals surface area (Å²) in [5.74, 6) is 0.194. The number of aromatic nitrogens is 1. The number of hydrogen-bond acceptors (Lipinski definition) is 5. The Hall–Kier alpha value is -0.940. The number of ether oxygens (including phenoxy) is 1. The third-order valence-corrected chi connectivity index (χ3v) is 3.40. The molecule has 1 aromatic rings. The first-order valence-corrected chi connectivity index (χ1v) is 6.71.